The fraction of sp³-hybridized carbons (Fsp3) is 0.444. The van der Waals surface area contributed by atoms with Crippen molar-refractivity contribution in [1.82, 2.24) is 0 Å². The van der Waals surface area contributed by atoms with Gasteiger partial charge in [-0.3, -0.25) is 0 Å². The standard InChI is InChI=1S/C18H24O2S/c1-17(2,3)12-18(4,5)16-8-6-7-13-9-10-14(21(19)20)11-15(13)16/h6-11H,12H2,1-5H3,(H,19,20). The van der Waals surface area contributed by atoms with Crippen LogP contribution in [0.1, 0.15) is 46.6 Å². The largest absolute Gasteiger partial charge is 0.302 e. The Hall–Kier alpha value is -1.19. The van der Waals surface area contributed by atoms with Crippen molar-refractivity contribution in [3.63, 3.8) is 0 Å². The van der Waals surface area contributed by atoms with Gasteiger partial charge >= 0.3 is 0 Å². The maximum atomic E-state index is 11.3. The summed E-state index contributed by atoms with van der Waals surface area (Å²) < 4.78 is 20.7. The molecule has 0 saturated carbocycles. The van der Waals surface area contributed by atoms with Crippen LogP contribution < -0.4 is 0 Å². The summed E-state index contributed by atoms with van der Waals surface area (Å²) in [5.41, 5.74) is 1.47. The van der Waals surface area contributed by atoms with Crippen molar-refractivity contribution < 1.29 is 8.76 Å². The van der Waals surface area contributed by atoms with E-state index in [9.17, 15) is 8.76 Å². The van der Waals surface area contributed by atoms with Crippen molar-refractivity contribution in [3.8, 4) is 0 Å². The zero-order valence-electron chi connectivity index (χ0n) is 13.4. The second-order valence-corrected chi connectivity index (χ2v) is 8.53. The van der Waals surface area contributed by atoms with E-state index < -0.39 is 11.1 Å². The van der Waals surface area contributed by atoms with Crippen LogP contribution in [0.3, 0.4) is 0 Å². The monoisotopic (exact) mass is 304 g/mol. The first kappa shape index (κ1) is 16.2. The van der Waals surface area contributed by atoms with Gasteiger partial charge in [0.2, 0.25) is 0 Å². The average molecular weight is 304 g/mol. The molecule has 0 amide bonds. The Morgan fingerprint density at radius 1 is 1.05 bits per heavy atom. The highest BCUT2D eigenvalue weighted by Crippen LogP contribution is 2.39. The first-order chi connectivity index (χ1) is 9.60. The summed E-state index contributed by atoms with van der Waals surface area (Å²) in [5.74, 6) is 0. The predicted octanol–water partition coefficient (Wildman–Crippen LogP) is 5.13. The topological polar surface area (TPSA) is 37.3 Å². The zero-order chi connectivity index (χ0) is 15.8. The molecule has 21 heavy (non-hydrogen) atoms. The highest BCUT2D eigenvalue weighted by atomic mass is 32.2. The number of rotatable bonds is 3. The van der Waals surface area contributed by atoms with Gasteiger partial charge in [0.1, 0.15) is 0 Å². The highest BCUT2D eigenvalue weighted by Gasteiger charge is 2.28. The molecule has 0 radical (unpaired) electrons. The van der Waals surface area contributed by atoms with Gasteiger partial charge in [-0.1, -0.05) is 58.9 Å². The van der Waals surface area contributed by atoms with Gasteiger partial charge in [0, 0.05) is 0 Å². The van der Waals surface area contributed by atoms with E-state index in [-0.39, 0.29) is 10.8 Å². The van der Waals surface area contributed by atoms with Crippen molar-refractivity contribution >= 4 is 21.9 Å². The molecule has 2 rings (SSSR count). The molecule has 0 aromatic heterocycles. The molecule has 0 bridgehead atoms. The van der Waals surface area contributed by atoms with Crippen LogP contribution in [0.4, 0.5) is 0 Å². The van der Waals surface area contributed by atoms with E-state index in [1.165, 1.54) is 5.56 Å². The molecule has 1 N–H and O–H groups in total. The Morgan fingerprint density at radius 3 is 2.29 bits per heavy atom. The summed E-state index contributed by atoms with van der Waals surface area (Å²) >= 11 is -1.94. The van der Waals surface area contributed by atoms with Gasteiger partial charge < -0.3 is 4.55 Å². The number of benzene rings is 2. The molecule has 2 nitrogen and oxygen atoms in total. The van der Waals surface area contributed by atoms with Gasteiger partial charge in [0.25, 0.3) is 0 Å². The molecule has 2 aromatic carbocycles. The predicted molar refractivity (Wildman–Crippen MR) is 90.1 cm³/mol. The molecule has 0 aliphatic rings. The Morgan fingerprint density at radius 2 is 1.71 bits per heavy atom. The third-order valence-corrected chi connectivity index (χ3v) is 4.41. The lowest BCUT2D eigenvalue weighted by Crippen LogP contribution is -2.25. The second-order valence-electron chi connectivity index (χ2n) is 7.56. The van der Waals surface area contributed by atoms with Crippen LogP contribution in [0.15, 0.2) is 41.3 Å². The van der Waals surface area contributed by atoms with E-state index in [4.69, 9.17) is 0 Å². The van der Waals surface area contributed by atoms with Gasteiger partial charge in [0.05, 0.1) is 4.90 Å². The third kappa shape index (κ3) is 3.72. The normalized spacial score (nSPS) is 14.4. The van der Waals surface area contributed by atoms with Crippen LogP contribution >= 0.6 is 0 Å². The Bertz CT molecular complexity index is 681. The van der Waals surface area contributed by atoms with E-state index >= 15 is 0 Å². The van der Waals surface area contributed by atoms with Gasteiger partial charge in [-0.15, -0.1) is 0 Å². The van der Waals surface area contributed by atoms with E-state index in [0.29, 0.717) is 4.90 Å². The fourth-order valence-corrected chi connectivity index (χ4v) is 3.77. The molecule has 0 fully saturated rings. The SMILES string of the molecule is CC(C)(C)CC(C)(C)c1cccc2ccc(S(=O)O)cc12. The van der Waals surface area contributed by atoms with E-state index in [0.717, 1.165) is 17.2 Å². The third-order valence-electron chi connectivity index (χ3n) is 3.76. The van der Waals surface area contributed by atoms with Crippen LogP contribution in [-0.4, -0.2) is 8.76 Å². The van der Waals surface area contributed by atoms with Crippen molar-refractivity contribution in [3.05, 3.63) is 42.0 Å². The lowest BCUT2D eigenvalue weighted by molar-refractivity contribution is 0.285. The minimum absolute atomic E-state index is 0.00727. The van der Waals surface area contributed by atoms with Gasteiger partial charge in [-0.25, -0.2) is 4.21 Å². The lowest BCUT2D eigenvalue weighted by Gasteiger charge is -2.34. The molecule has 0 heterocycles. The summed E-state index contributed by atoms with van der Waals surface area (Å²) in [7, 11) is 0. The van der Waals surface area contributed by atoms with Crippen LogP contribution in [0.2, 0.25) is 0 Å². The Kier molecular flexibility index (Phi) is 4.27. The van der Waals surface area contributed by atoms with E-state index in [2.05, 4.69) is 52.8 Å². The highest BCUT2D eigenvalue weighted by molar-refractivity contribution is 7.79. The van der Waals surface area contributed by atoms with Crippen LogP contribution in [0.5, 0.6) is 0 Å². The Balaban J connectivity index is 2.62. The molecule has 1 unspecified atom stereocenters. The van der Waals surface area contributed by atoms with Crippen LogP contribution in [0, 0.1) is 5.41 Å². The summed E-state index contributed by atoms with van der Waals surface area (Å²) in [5, 5.41) is 2.19. The minimum Gasteiger partial charge on any atom is -0.302 e. The molecule has 0 saturated heterocycles. The quantitative estimate of drug-likeness (QED) is 0.798. The lowest BCUT2D eigenvalue weighted by atomic mass is 9.71. The van der Waals surface area contributed by atoms with Gasteiger partial charge in [0.15, 0.2) is 11.1 Å². The summed E-state index contributed by atoms with van der Waals surface area (Å²) in [4.78, 5) is 0.460. The Labute approximate surface area is 129 Å². The molecular weight excluding hydrogens is 280 g/mol. The minimum atomic E-state index is -1.94. The molecule has 114 valence electrons. The maximum absolute atomic E-state index is 11.3. The molecular formula is C18H24O2S. The molecule has 2 aromatic rings. The van der Waals surface area contributed by atoms with Crippen LogP contribution in [-0.2, 0) is 16.5 Å². The number of fused-ring (bicyclic) bond motifs is 1. The van der Waals surface area contributed by atoms with Crippen molar-refractivity contribution in [2.75, 3.05) is 0 Å². The first-order valence-electron chi connectivity index (χ1n) is 7.24. The summed E-state index contributed by atoms with van der Waals surface area (Å²) in [6.07, 6.45) is 1.05. The molecule has 0 aliphatic carbocycles. The first-order valence-corrected chi connectivity index (χ1v) is 8.35. The van der Waals surface area contributed by atoms with E-state index in [1.54, 1.807) is 6.07 Å². The average Bonchev–Trinajstić information content (AvgIpc) is 2.34. The van der Waals surface area contributed by atoms with Gasteiger partial charge in [-0.05, 0) is 45.7 Å². The molecule has 3 heteroatoms. The van der Waals surface area contributed by atoms with Gasteiger partial charge in [-0.2, -0.15) is 0 Å². The smallest absolute Gasteiger partial charge is 0.186 e. The molecule has 0 aliphatic heterocycles. The van der Waals surface area contributed by atoms with Crippen LogP contribution in [0.25, 0.3) is 10.8 Å². The molecule has 1 atom stereocenters. The second kappa shape index (κ2) is 5.54. The summed E-state index contributed by atoms with van der Waals surface area (Å²) in [6.45, 7) is 11.2. The number of hydrogen-bond donors (Lipinski definition) is 1. The fourth-order valence-electron chi connectivity index (χ4n) is 3.37. The molecule has 0 spiro atoms. The van der Waals surface area contributed by atoms with Crippen molar-refractivity contribution in [2.45, 2.75) is 51.3 Å². The zero-order valence-corrected chi connectivity index (χ0v) is 14.3. The van der Waals surface area contributed by atoms with Crippen molar-refractivity contribution in [2.24, 2.45) is 5.41 Å². The van der Waals surface area contributed by atoms with Crippen molar-refractivity contribution in [1.29, 1.82) is 0 Å². The maximum Gasteiger partial charge on any atom is 0.186 e. The number of hydrogen-bond acceptors (Lipinski definition) is 1. The summed E-state index contributed by atoms with van der Waals surface area (Å²) in [6, 6.07) is 11.8. The van der Waals surface area contributed by atoms with E-state index in [1.807, 2.05) is 12.1 Å².